The molecule has 2 aliphatic rings. The molecule has 4 N–H and O–H groups in total. The van der Waals surface area contributed by atoms with Gasteiger partial charge in [0, 0.05) is 32.6 Å². The number of hydrogen-bond acceptors (Lipinski definition) is 8. The van der Waals surface area contributed by atoms with Crippen LogP contribution < -0.4 is 15.4 Å². The van der Waals surface area contributed by atoms with Crippen molar-refractivity contribution in [2.24, 2.45) is 11.3 Å². The number of fused-ring (bicyclic) bond motifs is 1. The Hall–Kier alpha value is -3.43. The lowest BCUT2D eigenvalue weighted by molar-refractivity contribution is -0.0906. The summed E-state index contributed by atoms with van der Waals surface area (Å²) in [6.45, 7) is 4.51. The van der Waals surface area contributed by atoms with Crippen molar-refractivity contribution < 1.29 is 42.4 Å². The van der Waals surface area contributed by atoms with E-state index < -0.39 is 46.0 Å². The number of carboxylic acid groups (broad SMARTS) is 1. The summed E-state index contributed by atoms with van der Waals surface area (Å²) in [7, 11) is -1.14. The molecular weight excluding hydrogens is 628 g/mol. The lowest BCUT2D eigenvalue weighted by Crippen LogP contribution is -2.58. The van der Waals surface area contributed by atoms with Crippen LogP contribution >= 0.6 is 0 Å². The summed E-state index contributed by atoms with van der Waals surface area (Å²) in [4.78, 5) is 25.9. The van der Waals surface area contributed by atoms with Gasteiger partial charge in [0.05, 0.1) is 43.4 Å². The summed E-state index contributed by atoms with van der Waals surface area (Å²) in [5, 5.41) is 27.8. The van der Waals surface area contributed by atoms with Crippen LogP contribution in [0.1, 0.15) is 38.7 Å². The second kappa shape index (κ2) is 16.1. The van der Waals surface area contributed by atoms with Gasteiger partial charge < -0.3 is 35.1 Å². The fourth-order valence-electron chi connectivity index (χ4n) is 6.42. The number of nitrogens with one attached hydrogen (secondary N) is 2. The van der Waals surface area contributed by atoms with Crippen LogP contribution in [0.3, 0.4) is 0 Å². The quantitative estimate of drug-likeness (QED) is 0.195. The van der Waals surface area contributed by atoms with Gasteiger partial charge in [0.2, 0.25) is 10.0 Å². The highest BCUT2D eigenvalue weighted by molar-refractivity contribution is 7.89. The number of urea groups is 1. The molecule has 2 aliphatic heterocycles. The molecule has 0 unspecified atom stereocenters. The Morgan fingerprint density at radius 1 is 1.11 bits per heavy atom. The van der Waals surface area contributed by atoms with Crippen molar-refractivity contribution >= 4 is 22.1 Å². The highest BCUT2D eigenvalue weighted by Gasteiger charge is 2.49. The van der Waals surface area contributed by atoms with Crippen molar-refractivity contribution in [2.45, 2.75) is 68.9 Å². The third-order valence-electron chi connectivity index (χ3n) is 8.91. The number of rotatable bonds is 16. The first-order valence-corrected chi connectivity index (χ1v) is 17.4. The molecule has 47 heavy (non-hydrogen) atoms. The molecule has 0 radical (unpaired) electrons. The molecule has 0 aromatic heterocycles. The summed E-state index contributed by atoms with van der Waals surface area (Å²) in [6, 6.07) is 13.4. The zero-order valence-corrected chi connectivity index (χ0v) is 28.3. The van der Waals surface area contributed by atoms with Gasteiger partial charge in [0.1, 0.15) is 5.75 Å². The predicted molar refractivity (Wildman–Crippen MR) is 175 cm³/mol. The first-order valence-electron chi connectivity index (χ1n) is 15.9. The van der Waals surface area contributed by atoms with Gasteiger partial charge in [-0.25, -0.2) is 18.0 Å². The lowest BCUT2D eigenvalue weighted by Gasteiger charge is -2.40. The molecule has 2 heterocycles. The number of sulfonamides is 1. The van der Waals surface area contributed by atoms with Gasteiger partial charge in [-0.3, -0.25) is 4.90 Å². The maximum absolute atomic E-state index is 14.2. The Morgan fingerprint density at radius 3 is 2.45 bits per heavy atom. The standard InChI is InChI=1S/C33H48N4O9S/c1-33(2,16-8-17-35-31(39)34-3)22-36(47(42,43)25-13-11-24(44-4)12-14-25)20-29(38)27(19-23-9-6-5-7-10-23)37(32(40)41)28-21-46-30-26(28)15-18-45-30/h5-7,9-14,26-30,38H,8,15-22H2,1-4H3,(H,40,41)(H2,34,35,39)/t26-,27-,28-,29+,30+/m0/s1. The van der Waals surface area contributed by atoms with E-state index in [4.69, 9.17) is 14.2 Å². The minimum absolute atomic E-state index is 0.0208. The minimum atomic E-state index is -4.16. The number of carbonyl (C=O) groups excluding carboxylic acids is 1. The van der Waals surface area contributed by atoms with Crippen molar-refractivity contribution in [3.8, 4) is 5.75 Å². The smallest absolute Gasteiger partial charge is 0.407 e. The summed E-state index contributed by atoms with van der Waals surface area (Å²) in [5.74, 6) is 0.297. The minimum Gasteiger partial charge on any atom is -0.497 e. The molecule has 0 bridgehead atoms. The number of methoxy groups -OCH3 is 1. The van der Waals surface area contributed by atoms with Crippen LogP contribution in [0.2, 0.25) is 0 Å². The van der Waals surface area contributed by atoms with E-state index in [0.717, 1.165) is 5.56 Å². The van der Waals surface area contributed by atoms with Crippen molar-refractivity contribution in [3.63, 3.8) is 0 Å². The van der Waals surface area contributed by atoms with E-state index in [1.807, 2.05) is 44.2 Å². The third-order valence-corrected chi connectivity index (χ3v) is 10.7. The number of carbonyl (C=O) groups is 2. The van der Waals surface area contributed by atoms with Gasteiger partial charge in [-0.15, -0.1) is 0 Å². The van der Waals surface area contributed by atoms with Gasteiger partial charge in [-0.1, -0.05) is 44.2 Å². The maximum Gasteiger partial charge on any atom is 0.407 e. The SMILES string of the molecule is CNC(=O)NCCCC(C)(C)CN(C[C@@H](O)[C@H](Cc1ccccc1)N(C(=O)O)[C@H]1CO[C@H]2OCC[C@H]21)S(=O)(=O)c1ccc(OC)cc1. The van der Waals surface area contributed by atoms with Crippen molar-refractivity contribution in [1.29, 1.82) is 0 Å². The second-order valence-corrected chi connectivity index (χ2v) is 14.8. The molecule has 2 aromatic carbocycles. The van der Waals surface area contributed by atoms with E-state index in [0.29, 0.717) is 38.2 Å². The van der Waals surface area contributed by atoms with Crippen molar-refractivity contribution in [1.82, 2.24) is 19.8 Å². The van der Waals surface area contributed by atoms with Crippen LogP contribution in [0.25, 0.3) is 0 Å². The van der Waals surface area contributed by atoms with Crippen LogP contribution in [0.4, 0.5) is 9.59 Å². The van der Waals surface area contributed by atoms with Gasteiger partial charge in [0.25, 0.3) is 0 Å². The monoisotopic (exact) mass is 676 g/mol. The number of ether oxygens (including phenoxy) is 3. The van der Waals surface area contributed by atoms with Gasteiger partial charge in [-0.05, 0) is 60.9 Å². The zero-order chi connectivity index (χ0) is 34.2. The van der Waals surface area contributed by atoms with E-state index >= 15 is 0 Å². The molecule has 2 saturated heterocycles. The first-order chi connectivity index (χ1) is 22.4. The summed E-state index contributed by atoms with van der Waals surface area (Å²) < 4.78 is 46.4. The molecule has 13 nitrogen and oxygen atoms in total. The number of benzene rings is 2. The predicted octanol–water partition coefficient (Wildman–Crippen LogP) is 3.13. The molecule has 5 atom stereocenters. The van der Waals surface area contributed by atoms with Crippen LogP contribution in [0.15, 0.2) is 59.5 Å². The normalized spacial score (nSPS) is 20.8. The molecule has 4 rings (SSSR count). The van der Waals surface area contributed by atoms with Crippen molar-refractivity contribution in [2.75, 3.05) is 47.0 Å². The Bertz CT molecular complexity index is 1430. The molecule has 0 aliphatic carbocycles. The van der Waals surface area contributed by atoms with Crippen molar-refractivity contribution in [3.05, 3.63) is 60.2 Å². The second-order valence-electron chi connectivity index (χ2n) is 12.9. The molecule has 0 spiro atoms. The Kier molecular flexibility index (Phi) is 12.5. The van der Waals surface area contributed by atoms with E-state index in [9.17, 15) is 28.2 Å². The van der Waals surface area contributed by atoms with Crippen LogP contribution in [-0.4, -0.2) is 111 Å². The van der Waals surface area contributed by atoms with Gasteiger partial charge in [-0.2, -0.15) is 4.31 Å². The fraction of sp³-hybridized carbons (Fsp3) is 0.576. The number of aliphatic hydroxyl groups is 1. The number of amides is 3. The molecule has 0 saturated carbocycles. The Labute approximate surface area is 277 Å². The average molecular weight is 677 g/mol. The van der Waals surface area contributed by atoms with Crippen LogP contribution in [0.5, 0.6) is 5.75 Å². The number of hydrogen-bond donors (Lipinski definition) is 4. The fourth-order valence-corrected chi connectivity index (χ4v) is 8.07. The van der Waals surface area contributed by atoms with Gasteiger partial charge in [0.15, 0.2) is 6.29 Å². The molecule has 2 fully saturated rings. The highest BCUT2D eigenvalue weighted by Crippen LogP contribution is 2.36. The van der Waals surface area contributed by atoms with Crippen LogP contribution in [0, 0.1) is 11.3 Å². The van der Waals surface area contributed by atoms with Crippen LogP contribution in [-0.2, 0) is 25.9 Å². The number of aliphatic hydroxyl groups excluding tert-OH is 1. The highest BCUT2D eigenvalue weighted by atomic mass is 32.2. The topological polar surface area (TPSA) is 167 Å². The van der Waals surface area contributed by atoms with E-state index in [1.54, 1.807) is 12.1 Å². The molecular formula is C33H48N4O9S. The number of nitrogens with zero attached hydrogens (tertiary/aromatic N) is 2. The molecule has 3 amide bonds. The Balaban J connectivity index is 1.66. The molecule has 260 valence electrons. The lowest BCUT2D eigenvalue weighted by atomic mass is 9.87. The van der Waals surface area contributed by atoms with Gasteiger partial charge >= 0.3 is 12.1 Å². The molecule has 2 aromatic rings. The zero-order valence-electron chi connectivity index (χ0n) is 27.5. The third kappa shape index (κ3) is 9.35. The summed E-state index contributed by atoms with van der Waals surface area (Å²) >= 11 is 0. The summed E-state index contributed by atoms with van der Waals surface area (Å²) in [5.41, 5.74) is 0.230. The Morgan fingerprint density at radius 2 is 1.81 bits per heavy atom. The largest absolute Gasteiger partial charge is 0.497 e. The van der Waals surface area contributed by atoms with E-state index in [-0.39, 0.29) is 43.0 Å². The maximum atomic E-state index is 14.2. The first kappa shape index (κ1) is 36.4. The summed E-state index contributed by atoms with van der Waals surface area (Å²) in [6.07, 6.45) is -1.19. The van der Waals surface area contributed by atoms with E-state index in [2.05, 4.69) is 10.6 Å². The van der Waals surface area contributed by atoms with E-state index in [1.165, 1.54) is 35.5 Å². The molecule has 14 heteroatoms. The average Bonchev–Trinajstić information content (AvgIpc) is 3.68.